The van der Waals surface area contributed by atoms with Crippen LogP contribution in [-0.2, 0) is 11.3 Å². The molecule has 1 aromatic carbocycles. The molecule has 1 aromatic heterocycles. The highest BCUT2D eigenvalue weighted by atomic mass is 35.5. The van der Waals surface area contributed by atoms with E-state index in [-0.39, 0.29) is 18.2 Å². The minimum atomic E-state index is -0.876. The quantitative estimate of drug-likeness (QED) is 0.816. The van der Waals surface area contributed by atoms with Gasteiger partial charge in [0, 0.05) is 12.1 Å². The highest BCUT2D eigenvalue weighted by Crippen LogP contribution is 2.18. The van der Waals surface area contributed by atoms with Gasteiger partial charge in [-0.25, -0.2) is 9.37 Å². The molecule has 0 aliphatic rings. The molecule has 0 radical (unpaired) electrons. The lowest BCUT2D eigenvalue weighted by molar-refractivity contribution is -0.139. The van der Waals surface area contributed by atoms with Gasteiger partial charge in [0.2, 0.25) is 5.89 Å². The smallest absolute Gasteiger partial charge is 0.320 e. The summed E-state index contributed by atoms with van der Waals surface area (Å²) in [6, 6.07) is 5.23. The Morgan fingerprint density at radius 1 is 1.41 bits per heavy atom. The third-order valence-electron chi connectivity index (χ3n) is 3.05. The molecule has 0 saturated carbocycles. The van der Waals surface area contributed by atoms with E-state index in [0.29, 0.717) is 30.1 Å². The van der Waals surface area contributed by atoms with Gasteiger partial charge in [0.1, 0.15) is 18.1 Å². The molecule has 0 aliphatic carbocycles. The van der Waals surface area contributed by atoms with Gasteiger partial charge < -0.3 is 9.52 Å². The van der Waals surface area contributed by atoms with Crippen LogP contribution in [0.4, 0.5) is 4.39 Å². The number of carbonyl (C=O) groups is 1. The van der Waals surface area contributed by atoms with Gasteiger partial charge in [-0.05, 0) is 30.7 Å². The molecule has 0 amide bonds. The molecular formula is C15H18ClFN2O3. The van der Waals surface area contributed by atoms with Gasteiger partial charge in [0.25, 0.3) is 0 Å². The molecule has 7 heteroatoms. The van der Waals surface area contributed by atoms with Crippen LogP contribution in [-0.4, -0.2) is 22.1 Å². The second-order valence-corrected chi connectivity index (χ2v) is 4.71. The Balaban J connectivity index is 0.00000242. The summed E-state index contributed by atoms with van der Waals surface area (Å²) in [6.45, 7) is 2.24. The third kappa shape index (κ3) is 4.82. The van der Waals surface area contributed by atoms with Crippen LogP contribution in [0.3, 0.4) is 0 Å². The Bertz CT molecular complexity index is 601. The Morgan fingerprint density at radius 3 is 2.68 bits per heavy atom. The lowest BCUT2D eigenvalue weighted by Crippen LogP contribution is -2.36. The second-order valence-electron chi connectivity index (χ2n) is 4.71. The first-order chi connectivity index (χ1) is 10.1. The summed E-state index contributed by atoms with van der Waals surface area (Å²) < 4.78 is 18.2. The number of oxazole rings is 1. The monoisotopic (exact) mass is 328 g/mol. The number of nitrogens with zero attached hydrogens (tertiary/aromatic N) is 1. The Hall–Kier alpha value is -1.92. The molecule has 1 unspecified atom stereocenters. The molecule has 0 bridgehead atoms. The SMILES string of the molecule is CCCC(NCc1coc(-c2ccc(F)cc2)n1)C(=O)O.Cl. The van der Waals surface area contributed by atoms with E-state index in [1.54, 1.807) is 12.1 Å². The Morgan fingerprint density at radius 2 is 2.09 bits per heavy atom. The van der Waals surface area contributed by atoms with E-state index in [1.807, 2.05) is 6.92 Å². The fraction of sp³-hybridized carbons (Fsp3) is 0.333. The predicted molar refractivity (Wildman–Crippen MR) is 82.3 cm³/mol. The molecule has 2 N–H and O–H groups in total. The molecule has 0 fully saturated rings. The van der Waals surface area contributed by atoms with Crippen LogP contribution in [0, 0.1) is 5.82 Å². The second kappa shape index (κ2) is 8.51. The summed E-state index contributed by atoms with van der Waals surface area (Å²) in [4.78, 5) is 15.3. The van der Waals surface area contributed by atoms with Crippen molar-refractivity contribution in [3.63, 3.8) is 0 Å². The van der Waals surface area contributed by atoms with Crippen LogP contribution in [0.1, 0.15) is 25.5 Å². The molecule has 120 valence electrons. The number of hydrogen-bond donors (Lipinski definition) is 2. The van der Waals surface area contributed by atoms with E-state index < -0.39 is 12.0 Å². The number of rotatable bonds is 7. The molecule has 1 heterocycles. The maximum absolute atomic E-state index is 12.8. The van der Waals surface area contributed by atoms with Gasteiger partial charge in [0.05, 0.1) is 5.69 Å². The third-order valence-corrected chi connectivity index (χ3v) is 3.05. The average Bonchev–Trinajstić information content (AvgIpc) is 2.92. The van der Waals surface area contributed by atoms with Crippen LogP contribution in [0.2, 0.25) is 0 Å². The summed E-state index contributed by atoms with van der Waals surface area (Å²) in [5, 5.41) is 12.0. The summed E-state index contributed by atoms with van der Waals surface area (Å²) in [5.74, 6) is -0.815. The zero-order valence-corrected chi connectivity index (χ0v) is 12.9. The fourth-order valence-corrected chi connectivity index (χ4v) is 1.94. The van der Waals surface area contributed by atoms with Crippen molar-refractivity contribution in [2.75, 3.05) is 0 Å². The lowest BCUT2D eigenvalue weighted by Gasteiger charge is -2.11. The highest BCUT2D eigenvalue weighted by Gasteiger charge is 2.16. The first-order valence-corrected chi connectivity index (χ1v) is 6.76. The van der Waals surface area contributed by atoms with Crippen molar-refractivity contribution in [2.45, 2.75) is 32.4 Å². The predicted octanol–water partition coefficient (Wildman–Crippen LogP) is 3.25. The van der Waals surface area contributed by atoms with E-state index in [1.165, 1.54) is 18.4 Å². The van der Waals surface area contributed by atoms with Crippen LogP contribution >= 0.6 is 12.4 Å². The normalized spacial score (nSPS) is 11.7. The Kier molecular flexibility index (Phi) is 7.01. The first kappa shape index (κ1) is 18.1. The first-order valence-electron chi connectivity index (χ1n) is 6.76. The van der Waals surface area contributed by atoms with Crippen molar-refractivity contribution < 1.29 is 18.7 Å². The van der Waals surface area contributed by atoms with E-state index >= 15 is 0 Å². The molecule has 0 aliphatic heterocycles. The van der Waals surface area contributed by atoms with E-state index in [9.17, 15) is 9.18 Å². The average molecular weight is 329 g/mol. The van der Waals surface area contributed by atoms with Gasteiger partial charge in [-0.2, -0.15) is 0 Å². The van der Waals surface area contributed by atoms with Gasteiger partial charge in [-0.3, -0.25) is 10.1 Å². The standard InChI is InChI=1S/C15H17FN2O3.ClH/c1-2-3-13(15(19)20)17-8-12-9-21-14(18-12)10-4-6-11(16)7-5-10;/h4-7,9,13,17H,2-3,8H2,1H3,(H,19,20);1H. The topological polar surface area (TPSA) is 75.4 Å². The van der Waals surface area contributed by atoms with E-state index in [0.717, 1.165) is 6.42 Å². The van der Waals surface area contributed by atoms with Crippen molar-refractivity contribution in [3.8, 4) is 11.5 Å². The fourth-order valence-electron chi connectivity index (χ4n) is 1.94. The van der Waals surface area contributed by atoms with Crippen molar-refractivity contribution in [1.29, 1.82) is 0 Å². The van der Waals surface area contributed by atoms with Crippen molar-refractivity contribution in [2.24, 2.45) is 0 Å². The number of aromatic nitrogens is 1. The zero-order valence-electron chi connectivity index (χ0n) is 12.1. The number of nitrogens with one attached hydrogen (secondary N) is 1. The minimum Gasteiger partial charge on any atom is -0.480 e. The van der Waals surface area contributed by atoms with Gasteiger partial charge >= 0.3 is 5.97 Å². The summed E-state index contributed by atoms with van der Waals surface area (Å²) in [6.07, 6.45) is 2.80. The minimum absolute atomic E-state index is 0. The van der Waals surface area contributed by atoms with Crippen molar-refractivity contribution in [3.05, 3.63) is 42.0 Å². The van der Waals surface area contributed by atoms with Gasteiger partial charge in [0.15, 0.2) is 0 Å². The van der Waals surface area contributed by atoms with Crippen molar-refractivity contribution in [1.82, 2.24) is 10.3 Å². The maximum Gasteiger partial charge on any atom is 0.320 e. The zero-order chi connectivity index (χ0) is 15.2. The highest BCUT2D eigenvalue weighted by molar-refractivity contribution is 5.85. The number of benzene rings is 1. The summed E-state index contributed by atoms with van der Waals surface area (Å²) in [5.41, 5.74) is 1.28. The number of carboxylic acids is 1. The molecule has 2 rings (SSSR count). The van der Waals surface area contributed by atoms with Crippen LogP contribution in [0.15, 0.2) is 34.9 Å². The summed E-state index contributed by atoms with van der Waals surface area (Å²) in [7, 11) is 0. The number of hydrogen-bond acceptors (Lipinski definition) is 4. The molecule has 0 spiro atoms. The Labute approximate surface area is 134 Å². The van der Waals surface area contributed by atoms with E-state index in [4.69, 9.17) is 9.52 Å². The van der Waals surface area contributed by atoms with Gasteiger partial charge in [-0.1, -0.05) is 13.3 Å². The maximum atomic E-state index is 12.8. The number of halogens is 2. The molecule has 0 saturated heterocycles. The molecule has 5 nitrogen and oxygen atoms in total. The van der Waals surface area contributed by atoms with Gasteiger partial charge in [-0.15, -0.1) is 12.4 Å². The van der Waals surface area contributed by atoms with Crippen LogP contribution < -0.4 is 5.32 Å². The molecule has 22 heavy (non-hydrogen) atoms. The molecule has 2 aromatic rings. The number of carboxylic acid groups (broad SMARTS) is 1. The van der Waals surface area contributed by atoms with E-state index in [2.05, 4.69) is 10.3 Å². The van der Waals surface area contributed by atoms with Crippen LogP contribution in [0.5, 0.6) is 0 Å². The largest absolute Gasteiger partial charge is 0.480 e. The van der Waals surface area contributed by atoms with Crippen LogP contribution in [0.25, 0.3) is 11.5 Å². The number of aliphatic carboxylic acids is 1. The molecular weight excluding hydrogens is 311 g/mol. The lowest BCUT2D eigenvalue weighted by atomic mass is 10.1. The summed E-state index contributed by atoms with van der Waals surface area (Å²) >= 11 is 0. The molecule has 1 atom stereocenters. The van der Waals surface area contributed by atoms with Crippen molar-refractivity contribution >= 4 is 18.4 Å².